The first kappa shape index (κ1) is 12.2. The average Bonchev–Trinajstić information content (AvgIpc) is 2.97. The van der Waals surface area contributed by atoms with Crippen molar-refractivity contribution in [2.24, 2.45) is 0 Å². The Morgan fingerprint density at radius 3 is 2.73 bits per heavy atom. The number of thiocarbonyl (C=S) groups is 1. The zero-order valence-electron chi connectivity index (χ0n) is 9.14. The molecule has 5 heteroatoms. The number of hydrogen-bond donors (Lipinski definition) is 3. The molecule has 0 aliphatic heterocycles. The molecule has 4 nitrogen and oxygen atoms in total. The lowest BCUT2D eigenvalue weighted by molar-refractivity contribution is -0.121. The largest absolute Gasteiger partial charge is 0.363 e. The third-order valence-electron chi connectivity index (χ3n) is 2.15. The second-order valence-electron chi connectivity index (χ2n) is 3.73. The van der Waals surface area contributed by atoms with Crippen LogP contribution < -0.4 is 16.0 Å². The van der Waals surface area contributed by atoms with E-state index in [1.54, 1.807) is 0 Å². The van der Waals surface area contributed by atoms with Gasteiger partial charge in [0.15, 0.2) is 5.11 Å². The van der Waals surface area contributed by atoms with Gasteiger partial charge in [0, 0.05) is 25.6 Å². The Labute approximate surface area is 96.2 Å². The van der Waals surface area contributed by atoms with Gasteiger partial charge in [0.1, 0.15) is 0 Å². The van der Waals surface area contributed by atoms with E-state index in [2.05, 4.69) is 16.0 Å². The van der Waals surface area contributed by atoms with Crippen LogP contribution in [-0.4, -0.2) is 30.2 Å². The van der Waals surface area contributed by atoms with Crippen LogP contribution in [0.2, 0.25) is 0 Å². The Hall–Kier alpha value is -0.840. The van der Waals surface area contributed by atoms with Gasteiger partial charge in [-0.05, 0) is 38.4 Å². The normalized spacial score (nSPS) is 14.5. The molecule has 0 bridgehead atoms. The summed E-state index contributed by atoms with van der Waals surface area (Å²) in [5, 5.41) is 9.66. The number of carbonyl (C=O) groups excluding carboxylic acids is 1. The summed E-state index contributed by atoms with van der Waals surface area (Å²) in [5.74, 6) is 0.161. The van der Waals surface area contributed by atoms with Gasteiger partial charge in [-0.15, -0.1) is 0 Å². The predicted molar refractivity (Wildman–Crippen MR) is 64.7 cm³/mol. The Kier molecular flexibility index (Phi) is 5.39. The van der Waals surface area contributed by atoms with E-state index in [-0.39, 0.29) is 5.91 Å². The summed E-state index contributed by atoms with van der Waals surface area (Å²) >= 11 is 4.99. The Bertz CT molecular complexity index is 229. The van der Waals surface area contributed by atoms with Crippen molar-refractivity contribution in [2.75, 3.05) is 13.1 Å². The molecule has 1 amide bonds. The number of nitrogens with one attached hydrogen (secondary N) is 3. The fraction of sp³-hybridized carbons (Fsp3) is 0.800. The van der Waals surface area contributed by atoms with Crippen LogP contribution in [0.25, 0.3) is 0 Å². The van der Waals surface area contributed by atoms with Crippen LogP contribution >= 0.6 is 12.2 Å². The van der Waals surface area contributed by atoms with Gasteiger partial charge in [-0.3, -0.25) is 4.79 Å². The molecule has 0 aromatic heterocycles. The molecule has 3 N–H and O–H groups in total. The first-order chi connectivity index (χ1) is 7.22. The van der Waals surface area contributed by atoms with Gasteiger partial charge in [0.2, 0.25) is 5.91 Å². The van der Waals surface area contributed by atoms with Gasteiger partial charge in [0.05, 0.1) is 0 Å². The fourth-order valence-corrected chi connectivity index (χ4v) is 1.45. The van der Waals surface area contributed by atoms with E-state index in [4.69, 9.17) is 12.2 Å². The molecule has 0 unspecified atom stereocenters. The molecule has 86 valence electrons. The molecule has 1 saturated carbocycles. The van der Waals surface area contributed by atoms with E-state index in [9.17, 15) is 4.79 Å². The molecular weight excluding hydrogens is 210 g/mol. The minimum absolute atomic E-state index is 0.161. The molecule has 0 radical (unpaired) electrons. The maximum Gasteiger partial charge on any atom is 0.220 e. The topological polar surface area (TPSA) is 53.2 Å². The van der Waals surface area contributed by atoms with Crippen molar-refractivity contribution in [3.05, 3.63) is 0 Å². The van der Waals surface area contributed by atoms with Crippen molar-refractivity contribution < 1.29 is 4.79 Å². The van der Waals surface area contributed by atoms with Crippen LogP contribution in [-0.2, 0) is 4.79 Å². The fourth-order valence-electron chi connectivity index (χ4n) is 1.20. The standard InChI is InChI=1S/C10H19N3OS/c1-2-11-10(15)12-7-3-4-9(14)13-8-5-6-8/h8H,2-7H2,1H3,(H,13,14)(H2,11,12,15). The number of amides is 1. The van der Waals surface area contributed by atoms with E-state index in [1.165, 1.54) is 0 Å². The molecule has 0 aromatic carbocycles. The van der Waals surface area contributed by atoms with Crippen LogP contribution in [0.1, 0.15) is 32.6 Å². The second-order valence-corrected chi connectivity index (χ2v) is 4.14. The van der Waals surface area contributed by atoms with Crippen LogP contribution in [0.4, 0.5) is 0 Å². The number of carbonyl (C=O) groups is 1. The lowest BCUT2D eigenvalue weighted by atomic mass is 10.3. The summed E-state index contributed by atoms with van der Waals surface area (Å²) in [6.07, 6.45) is 3.70. The molecule has 15 heavy (non-hydrogen) atoms. The Morgan fingerprint density at radius 2 is 2.13 bits per heavy atom. The van der Waals surface area contributed by atoms with Crippen molar-refractivity contribution in [1.29, 1.82) is 0 Å². The summed E-state index contributed by atoms with van der Waals surface area (Å²) in [4.78, 5) is 11.3. The highest BCUT2D eigenvalue weighted by atomic mass is 32.1. The van der Waals surface area contributed by atoms with E-state index in [0.29, 0.717) is 17.6 Å². The highest BCUT2D eigenvalue weighted by Gasteiger charge is 2.22. The summed E-state index contributed by atoms with van der Waals surface area (Å²) in [5.41, 5.74) is 0. The first-order valence-electron chi connectivity index (χ1n) is 5.53. The smallest absolute Gasteiger partial charge is 0.220 e. The van der Waals surface area contributed by atoms with Crippen molar-refractivity contribution in [2.45, 2.75) is 38.6 Å². The molecule has 0 saturated heterocycles. The monoisotopic (exact) mass is 229 g/mol. The van der Waals surface area contributed by atoms with Crippen molar-refractivity contribution in [1.82, 2.24) is 16.0 Å². The van der Waals surface area contributed by atoms with Crippen LogP contribution in [0.15, 0.2) is 0 Å². The van der Waals surface area contributed by atoms with Crippen LogP contribution in [0.5, 0.6) is 0 Å². The number of hydrogen-bond acceptors (Lipinski definition) is 2. The van der Waals surface area contributed by atoms with Crippen LogP contribution in [0, 0.1) is 0 Å². The molecule has 0 atom stereocenters. The third kappa shape index (κ3) is 6.28. The molecule has 1 rings (SSSR count). The molecular formula is C10H19N3OS. The number of rotatable bonds is 6. The summed E-state index contributed by atoms with van der Waals surface area (Å²) < 4.78 is 0. The van der Waals surface area contributed by atoms with E-state index in [1.807, 2.05) is 6.92 Å². The zero-order valence-corrected chi connectivity index (χ0v) is 9.95. The van der Waals surface area contributed by atoms with Gasteiger partial charge >= 0.3 is 0 Å². The molecule has 0 heterocycles. The minimum atomic E-state index is 0.161. The minimum Gasteiger partial charge on any atom is -0.363 e. The summed E-state index contributed by atoms with van der Waals surface area (Å²) in [6, 6.07) is 0.466. The van der Waals surface area contributed by atoms with E-state index in [0.717, 1.165) is 32.4 Å². The maximum atomic E-state index is 11.3. The Balaban J connectivity index is 1.91. The van der Waals surface area contributed by atoms with Crippen LogP contribution in [0.3, 0.4) is 0 Å². The highest BCUT2D eigenvalue weighted by molar-refractivity contribution is 7.80. The van der Waals surface area contributed by atoms with Crippen molar-refractivity contribution >= 4 is 23.2 Å². The molecule has 0 spiro atoms. The second kappa shape index (κ2) is 6.61. The quantitative estimate of drug-likeness (QED) is 0.459. The Morgan fingerprint density at radius 1 is 1.40 bits per heavy atom. The predicted octanol–water partition coefficient (Wildman–Crippen LogP) is 0.529. The first-order valence-corrected chi connectivity index (χ1v) is 5.94. The SMILES string of the molecule is CCNC(=S)NCCCC(=O)NC1CC1. The average molecular weight is 229 g/mol. The van der Waals surface area contributed by atoms with Gasteiger partial charge < -0.3 is 16.0 Å². The van der Waals surface area contributed by atoms with Gasteiger partial charge in [0.25, 0.3) is 0 Å². The van der Waals surface area contributed by atoms with Crippen molar-refractivity contribution in [3.8, 4) is 0 Å². The van der Waals surface area contributed by atoms with Crippen molar-refractivity contribution in [3.63, 3.8) is 0 Å². The van der Waals surface area contributed by atoms with Gasteiger partial charge in [-0.1, -0.05) is 0 Å². The molecule has 1 aliphatic rings. The summed E-state index contributed by atoms with van der Waals surface area (Å²) in [6.45, 7) is 3.58. The molecule has 1 aliphatic carbocycles. The van der Waals surface area contributed by atoms with E-state index < -0.39 is 0 Å². The van der Waals surface area contributed by atoms with Gasteiger partial charge in [-0.2, -0.15) is 0 Å². The van der Waals surface area contributed by atoms with E-state index >= 15 is 0 Å². The molecule has 0 aromatic rings. The van der Waals surface area contributed by atoms with Gasteiger partial charge in [-0.25, -0.2) is 0 Å². The zero-order chi connectivity index (χ0) is 11.1. The highest BCUT2D eigenvalue weighted by Crippen LogP contribution is 2.18. The molecule has 1 fully saturated rings. The lowest BCUT2D eigenvalue weighted by Crippen LogP contribution is -2.36. The maximum absolute atomic E-state index is 11.3. The summed E-state index contributed by atoms with van der Waals surface area (Å²) in [7, 11) is 0. The lowest BCUT2D eigenvalue weighted by Gasteiger charge is -2.08. The third-order valence-corrected chi connectivity index (χ3v) is 2.43.